The summed E-state index contributed by atoms with van der Waals surface area (Å²) in [6.07, 6.45) is 4.28. The molecular weight excluding hydrogens is 377 g/mol. The lowest BCUT2D eigenvalue weighted by Crippen LogP contribution is -2.39. The van der Waals surface area contributed by atoms with Crippen LogP contribution in [0.25, 0.3) is 0 Å². The van der Waals surface area contributed by atoms with Crippen molar-refractivity contribution < 1.29 is 14.0 Å². The van der Waals surface area contributed by atoms with E-state index in [0.29, 0.717) is 11.5 Å². The molecule has 0 bridgehead atoms. The molecule has 3 heterocycles. The number of anilines is 1. The van der Waals surface area contributed by atoms with E-state index >= 15 is 0 Å². The zero-order valence-electron chi connectivity index (χ0n) is 15.8. The first-order valence-corrected chi connectivity index (χ1v) is 9.63. The van der Waals surface area contributed by atoms with Crippen LogP contribution in [0.4, 0.5) is 10.1 Å². The number of benzene rings is 1. The van der Waals surface area contributed by atoms with Crippen LogP contribution in [0, 0.1) is 5.82 Å². The zero-order valence-corrected chi connectivity index (χ0v) is 15.8. The van der Waals surface area contributed by atoms with Crippen molar-refractivity contribution >= 4 is 23.2 Å². The van der Waals surface area contributed by atoms with Gasteiger partial charge in [0.05, 0.1) is 12.2 Å². The number of nitrogens with two attached hydrogens (primary N) is 1. The second-order valence-corrected chi connectivity index (χ2v) is 7.17. The molecule has 2 aliphatic rings. The molecule has 2 amide bonds. The van der Waals surface area contributed by atoms with Crippen LogP contribution in [0.5, 0.6) is 0 Å². The van der Waals surface area contributed by atoms with Gasteiger partial charge in [-0.25, -0.2) is 4.39 Å². The number of nitrogens with zero attached hydrogens (tertiary/aromatic N) is 5. The molecule has 29 heavy (non-hydrogen) atoms. The third-order valence-corrected chi connectivity index (χ3v) is 5.19. The molecule has 4 rings (SSSR count). The predicted octanol–water partition coefficient (Wildman–Crippen LogP) is 0.880. The molecule has 152 valence electrons. The fraction of sp³-hybridized carbons (Fsp3) is 0.421. The Labute approximate surface area is 166 Å². The number of hydrogen-bond donors (Lipinski definition) is 2. The number of aromatic nitrogens is 3. The van der Waals surface area contributed by atoms with Crippen LogP contribution >= 0.6 is 0 Å². The number of halogens is 1. The molecule has 1 atom stereocenters. The first-order chi connectivity index (χ1) is 14.0. The Kier molecular flexibility index (Phi) is 5.24. The first kappa shape index (κ1) is 19.0. The van der Waals surface area contributed by atoms with Crippen molar-refractivity contribution in [3.63, 3.8) is 0 Å². The number of aryl methyl sites for hydroxylation is 1. The van der Waals surface area contributed by atoms with E-state index in [1.807, 2.05) is 0 Å². The van der Waals surface area contributed by atoms with Gasteiger partial charge in [-0.3, -0.25) is 14.6 Å². The van der Waals surface area contributed by atoms with Crippen molar-refractivity contribution in [1.82, 2.24) is 20.1 Å². The molecule has 2 aliphatic heterocycles. The van der Waals surface area contributed by atoms with E-state index in [0.717, 1.165) is 38.1 Å². The summed E-state index contributed by atoms with van der Waals surface area (Å²) in [5, 5.41) is 16.8. The van der Waals surface area contributed by atoms with Crippen molar-refractivity contribution in [2.45, 2.75) is 51.2 Å². The van der Waals surface area contributed by atoms with Crippen LogP contribution in [0.2, 0.25) is 0 Å². The summed E-state index contributed by atoms with van der Waals surface area (Å²) in [4.78, 5) is 24.5. The lowest BCUT2D eigenvalue weighted by Gasteiger charge is -2.20. The molecule has 0 saturated heterocycles. The first-order valence-electron chi connectivity index (χ1n) is 9.63. The van der Waals surface area contributed by atoms with Gasteiger partial charge in [0.2, 0.25) is 5.91 Å². The maximum atomic E-state index is 13.2. The van der Waals surface area contributed by atoms with Gasteiger partial charge in [-0.05, 0) is 37.1 Å². The fourth-order valence-corrected chi connectivity index (χ4v) is 3.64. The average Bonchev–Trinajstić information content (AvgIpc) is 3.25. The summed E-state index contributed by atoms with van der Waals surface area (Å²) in [5.74, 6) is 0.241. The molecule has 3 N–H and O–H groups in total. The minimum atomic E-state index is -0.800. The summed E-state index contributed by atoms with van der Waals surface area (Å²) in [6.45, 7) is 1.07. The highest BCUT2D eigenvalue weighted by Gasteiger charge is 2.35. The molecule has 0 radical (unpaired) electrons. The Hall–Kier alpha value is -3.30. The zero-order chi connectivity index (χ0) is 20.4. The summed E-state index contributed by atoms with van der Waals surface area (Å²) >= 11 is 0. The van der Waals surface area contributed by atoms with Gasteiger partial charge in [0.1, 0.15) is 23.4 Å². The minimum Gasteiger partial charge on any atom is -0.368 e. The molecule has 1 aromatic carbocycles. The predicted molar refractivity (Wildman–Crippen MR) is 103 cm³/mol. The van der Waals surface area contributed by atoms with Gasteiger partial charge >= 0.3 is 0 Å². The van der Waals surface area contributed by atoms with E-state index < -0.39 is 23.7 Å². The molecule has 10 heteroatoms. The monoisotopic (exact) mass is 399 g/mol. The highest BCUT2D eigenvalue weighted by molar-refractivity contribution is 6.40. The van der Waals surface area contributed by atoms with E-state index in [1.165, 1.54) is 29.3 Å². The Morgan fingerprint density at radius 3 is 2.72 bits per heavy atom. The summed E-state index contributed by atoms with van der Waals surface area (Å²) in [6, 6.07) is 4.70. The van der Waals surface area contributed by atoms with Crippen LogP contribution in [0.1, 0.15) is 37.3 Å². The van der Waals surface area contributed by atoms with Crippen LogP contribution in [-0.4, -0.2) is 38.3 Å². The summed E-state index contributed by atoms with van der Waals surface area (Å²) < 4.78 is 15.2. The maximum absolute atomic E-state index is 13.2. The smallest absolute Gasteiger partial charge is 0.267 e. The SMILES string of the molecule is NC(=O)C1CC(C(=O)NCc2nnc3n2CCCCC3)=NN1c1ccc(F)cc1. The van der Waals surface area contributed by atoms with Gasteiger partial charge in [0.25, 0.3) is 5.91 Å². The van der Waals surface area contributed by atoms with Gasteiger partial charge in [-0.1, -0.05) is 6.42 Å². The molecule has 0 fully saturated rings. The number of rotatable bonds is 5. The van der Waals surface area contributed by atoms with Crippen LogP contribution in [-0.2, 0) is 29.1 Å². The van der Waals surface area contributed by atoms with Crippen LogP contribution in [0.15, 0.2) is 29.4 Å². The third kappa shape index (κ3) is 3.96. The lowest BCUT2D eigenvalue weighted by atomic mass is 10.1. The number of carbonyl (C=O) groups is 2. The molecule has 9 nitrogen and oxygen atoms in total. The Bertz CT molecular complexity index is 954. The molecule has 0 aliphatic carbocycles. The Morgan fingerprint density at radius 1 is 1.17 bits per heavy atom. The normalized spacial score (nSPS) is 18.7. The highest BCUT2D eigenvalue weighted by Crippen LogP contribution is 2.25. The second-order valence-electron chi connectivity index (χ2n) is 7.17. The van der Waals surface area contributed by atoms with Crippen molar-refractivity contribution in [1.29, 1.82) is 0 Å². The molecule has 0 saturated carbocycles. The number of hydrazone groups is 1. The van der Waals surface area contributed by atoms with Gasteiger partial charge in [-0.2, -0.15) is 5.10 Å². The fourth-order valence-electron chi connectivity index (χ4n) is 3.64. The number of nitrogens with one attached hydrogen (secondary N) is 1. The van der Waals surface area contributed by atoms with Crippen molar-refractivity contribution in [2.24, 2.45) is 10.8 Å². The van der Waals surface area contributed by atoms with E-state index in [-0.39, 0.29) is 18.7 Å². The topological polar surface area (TPSA) is 118 Å². The summed E-state index contributed by atoms with van der Waals surface area (Å²) in [7, 11) is 0. The number of primary amides is 1. The number of amides is 2. The quantitative estimate of drug-likeness (QED) is 0.774. The molecule has 0 spiro atoms. The van der Waals surface area contributed by atoms with Crippen LogP contribution in [0.3, 0.4) is 0 Å². The number of carbonyl (C=O) groups excluding carboxylic acids is 2. The van der Waals surface area contributed by atoms with E-state index in [4.69, 9.17) is 5.73 Å². The van der Waals surface area contributed by atoms with Gasteiger partial charge in [0.15, 0.2) is 5.82 Å². The minimum absolute atomic E-state index is 0.0798. The summed E-state index contributed by atoms with van der Waals surface area (Å²) in [5.41, 5.74) is 6.15. The molecular formula is C19H22FN7O2. The number of fused-ring (bicyclic) bond motifs is 1. The number of hydrogen-bond acceptors (Lipinski definition) is 6. The molecule has 2 aromatic rings. The van der Waals surface area contributed by atoms with Crippen molar-refractivity contribution in [3.8, 4) is 0 Å². The van der Waals surface area contributed by atoms with Gasteiger partial charge in [-0.15, -0.1) is 10.2 Å². The molecule has 1 aromatic heterocycles. The highest BCUT2D eigenvalue weighted by atomic mass is 19.1. The van der Waals surface area contributed by atoms with Crippen molar-refractivity contribution in [3.05, 3.63) is 41.7 Å². The van der Waals surface area contributed by atoms with Gasteiger partial charge < -0.3 is 15.6 Å². The van der Waals surface area contributed by atoms with Gasteiger partial charge in [0, 0.05) is 19.4 Å². The maximum Gasteiger partial charge on any atom is 0.267 e. The Balaban J connectivity index is 1.47. The molecule has 1 unspecified atom stereocenters. The lowest BCUT2D eigenvalue weighted by molar-refractivity contribution is -0.119. The standard InChI is InChI=1S/C19H22FN7O2/c20-12-5-7-13(8-6-12)27-15(18(21)28)10-14(25-27)19(29)22-11-17-24-23-16-4-2-1-3-9-26(16)17/h5-8,15H,1-4,9-11H2,(H2,21,28)(H,22,29). The second kappa shape index (κ2) is 7.98. The van der Waals surface area contributed by atoms with E-state index in [2.05, 4.69) is 25.2 Å². The largest absolute Gasteiger partial charge is 0.368 e. The van der Waals surface area contributed by atoms with Crippen LogP contribution < -0.4 is 16.1 Å². The Morgan fingerprint density at radius 2 is 1.97 bits per heavy atom. The van der Waals surface area contributed by atoms with Crippen molar-refractivity contribution in [2.75, 3.05) is 5.01 Å². The average molecular weight is 399 g/mol. The van der Waals surface area contributed by atoms with E-state index in [1.54, 1.807) is 0 Å². The third-order valence-electron chi connectivity index (χ3n) is 5.19. The van der Waals surface area contributed by atoms with E-state index in [9.17, 15) is 14.0 Å².